The molecule has 0 aliphatic heterocycles. The summed E-state index contributed by atoms with van der Waals surface area (Å²) in [6.07, 6.45) is -0.393. The first-order valence-electron chi connectivity index (χ1n) is 9.06. The maximum absolute atomic E-state index is 13.6. The molecule has 0 unspecified atom stereocenters. The minimum absolute atomic E-state index is 0.0393. The molecular weight excluding hydrogens is 413 g/mol. The lowest BCUT2D eigenvalue weighted by atomic mass is 10.0. The molecule has 1 N–H and O–H groups in total. The summed E-state index contributed by atoms with van der Waals surface area (Å²) in [7, 11) is 0. The molecule has 7 heteroatoms. The molecule has 0 fully saturated rings. The van der Waals surface area contributed by atoms with Gasteiger partial charge in [-0.1, -0.05) is 48.0 Å². The second-order valence-corrected chi connectivity index (χ2v) is 7.17. The van der Waals surface area contributed by atoms with Crippen molar-refractivity contribution < 1.29 is 18.0 Å². The van der Waals surface area contributed by atoms with Crippen molar-refractivity contribution in [3.05, 3.63) is 94.3 Å². The van der Waals surface area contributed by atoms with Gasteiger partial charge in [0.1, 0.15) is 0 Å². The van der Waals surface area contributed by atoms with Gasteiger partial charge in [0.15, 0.2) is 0 Å². The third-order valence-corrected chi connectivity index (χ3v) is 4.58. The van der Waals surface area contributed by atoms with Crippen molar-refractivity contribution in [1.82, 2.24) is 4.98 Å². The monoisotopic (exact) mass is 430 g/mol. The maximum Gasteiger partial charge on any atom is 0.417 e. The average Bonchev–Trinajstić information content (AvgIpc) is 2.67. The van der Waals surface area contributed by atoms with Crippen LogP contribution >= 0.6 is 11.6 Å². The van der Waals surface area contributed by atoms with Gasteiger partial charge in [0.25, 0.3) is 0 Å². The van der Waals surface area contributed by atoms with Crippen LogP contribution in [0, 0.1) is 6.92 Å². The van der Waals surface area contributed by atoms with Crippen LogP contribution in [0.4, 0.5) is 18.9 Å². The lowest BCUT2D eigenvalue weighted by Gasteiger charge is -2.13. The Kier molecular flexibility index (Phi) is 6.57. The fourth-order valence-electron chi connectivity index (χ4n) is 2.95. The molecule has 2 aromatic carbocycles. The van der Waals surface area contributed by atoms with E-state index in [4.69, 9.17) is 11.6 Å². The Morgan fingerprint density at radius 3 is 2.53 bits per heavy atom. The minimum atomic E-state index is -4.54. The Bertz CT molecular complexity index is 1080. The number of amides is 1. The van der Waals surface area contributed by atoms with E-state index in [1.807, 2.05) is 6.92 Å². The van der Waals surface area contributed by atoms with Crippen molar-refractivity contribution in [2.24, 2.45) is 0 Å². The zero-order chi connectivity index (χ0) is 21.7. The smallest absolute Gasteiger partial charge is 0.324 e. The molecule has 0 radical (unpaired) electrons. The number of allylic oxidation sites excluding steroid dienone is 1. The Hall–Kier alpha value is -3.12. The third-order valence-electron chi connectivity index (χ3n) is 4.36. The Morgan fingerprint density at radius 1 is 1.13 bits per heavy atom. The molecule has 0 bridgehead atoms. The SMILES string of the molecule is Cc1ccncc1NC(=O)Cc1cc(Cl)cc(/C=C(/c2ccccc2)C(F)(F)F)c1. The maximum atomic E-state index is 13.6. The van der Waals surface area contributed by atoms with Gasteiger partial charge >= 0.3 is 6.18 Å². The zero-order valence-corrected chi connectivity index (χ0v) is 16.8. The van der Waals surface area contributed by atoms with Crippen LogP contribution in [-0.4, -0.2) is 17.1 Å². The van der Waals surface area contributed by atoms with Gasteiger partial charge in [-0.2, -0.15) is 13.2 Å². The molecule has 1 amide bonds. The first-order chi connectivity index (χ1) is 14.2. The van der Waals surface area contributed by atoms with Crippen LogP contribution in [0.3, 0.4) is 0 Å². The predicted octanol–water partition coefficient (Wildman–Crippen LogP) is 6.33. The number of hydrogen-bond acceptors (Lipinski definition) is 2. The van der Waals surface area contributed by atoms with Crippen molar-refractivity contribution in [3.8, 4) is 0 Å². The quantitative estimate of drug-likeness (QED) is 0.481. The molecule has 3 nitrogen and oxygen atoms in total. The van der Waals surface area contributed by atoms with Crippen LogP contribution in [0.15, 0.2) is 67.0 Å². The highest BCUT2D eigenvalue weighted by Crippen LogP contribution is 2.35. The molecule has 3 rings (SSSR count). The standard InChI is InChI=1S/C23H18ClF3N2O/c1-15-7-8-28-14-21(15)29-22(30)13-17-9-16(10-19(24)11-17)12-20(23(25,26)27)18-5-3-2-4-6-18/h2-12,14H,13H2,1H3,(H,29,30)/b20-12-. The van der Waals surface area contributed by atoms with Crippen LogP contribution < -0.4 is 5.32 Å². The van der Waals surface area contributed by atoms with Crippen molar-refractivity contribution in [2.75, 3.05) is 5.32 Å². The van der Waals surface area contributed by atoms with Gasteiger partial charge in [-0.25, -0.2) is 0 Å². The fraction of sp³-hybridized carbons (Fsp3) is 0.130. The number of aromatic nitrogens is 1. The third kappa shape index (κ3) is 5.70. The highest BCUT2D eigenvalue weighted by molar-refractivity contribution is 6.30. The number of anilines is 1. The minimum Gasteiger partial charge on any atom is -0.324 e. The van der Waals surface area contributed by atoms with E-state index in [0.717, 1.165) is 11.6 Å². The molecule has 1 heterocycles. The summed E-state index contributed by atoms with van der Waals surface area (Å²) in [5.41, 5.74) is 1.46. The molecular formula is C23H18ClF3N2O. The first kappa shape index (κ1) is 21.6. The van der Waals surface area contributed by atoms with Crippen LogP contribution in [-0.2, 0) is 11.2 Å². The largest absolute Gasteiger partial charge is 0.417 e. The molecule has 0 saturated carbocycles. The van der Waals surface area contributed by atoms with E-state index >= 15 is 0 Å². The van der Waals surface area contributed by atoms with E-state index in [1.165, 1.54) is 30.5 Å². The number of nitrogens with one attached hydrogen (secondary N) is 1. The normalized spacial score (nSPS) is 12.0. The number of nitrogens with zero attached hydrogens (tertiary/aromatic N) is 1. The van der Waals surface area contributed by atoms with Crippen LogP contribution in [0.2, 0.25) is 5.02 Å². The van der Waals surface area contributed by atoms with Crippen molar-refractivity contribution in [1.29, 1.82) is 0 Å². The van der Waals surface area contributed by atoms with Crippen LogP contribution in [0.1, 0.15) is 22.3 Å². The van der Waals surface area contributed by atoms with Crippen molar-refractivity contribution in [3.63, 3.8) is 0 Å². The molecule has 3 aromatic rings. The van der Waals surface area contributed by atoms with E-state index in [0.29, 0.717) is 11.3 Å². The Labute approximate surface area is 177 Å². The van der Waals surface area contributed by atoms with Gasteiger partial charge in [-0.05, 0) is 53.5 Å². The fourth-order valence-corrected chi connectivity index (χ4v) is 3.21. The summed E-state index contributed by atoms with van der Waals surface area (Å²) in [5.74, 6) is -0.317. The predicted molar refractivity (Wildman–Crippen MR) is 113 cm³/mol. The Morgan fingerprint density at radius 2 is 1.87 bits per heavy atom. The number of carbonyl (C=O) groups excluding carboxylic acids is 1. The van der Waals surface area contributed by atoms with Gasteiger partial charge in [-0.3, -0.25) is 9.78 Å². The highest BCUT2D eigenvalue weighted by Gasteiger charge is 2.34. The number of carbonyl (C=O) groups is 1. The molecule has 0 atom stereocenters. The lowest BCUT2D eigenvalue weighted by molar-refractivity contribution is -0.115. The molecule has 154 valence electrons. The van der Waals surface area contributed by atoms with Gasteiger partial charge < -0.3 is 5.32 Å². The van der Waals surface area contributed by atoms with Gasteiger partial charge in [0, 0.05) is 11.2 Å². The topological polar surface area (TPSA) is 42.0 Å². The summed E-state index contributed by atoms with van der Waals surface area (Å²) in [6, 6.07) is 13.8. The highest BCUT2D eigenvalue weighted by atomic mass is 35.5. The van der Waals surface area contributed by atoms with E-state index in [1.54, 1.807) is 36.5 Å². The second kappa shape index (κ2) is 9.13. The van der Waals surface area contributed by atoms with Crippen LogP contribution in [0.25, 0.3) is 11.6 Å². The summed E-state index contributed by atoms with van der Waals surface area (Å²) in [6.45, 7) is 1.84. The molecule has 0 aliphatic rings. The summed E-state index contributed by atoms with van der Waals surface area (Å²) < 4.78 is 40.8. The van der Waals surface area contributed by atoms with Crippen molar-refractivity contribution in [2.45, 2.75) is 19.5 Å². The van der Waals surface area contributed by atoms with E-state index < -0.39 is 11.7 Å². The second-order valence-electron chi connectivity index (χ2n) is 6.73. The Balaban J connectivity index is 1.88. The van der Waals surface area contributed by atoms with E-state index in [-0.39, 0.29) is 28.5 Å². The van der Waals surface area contributed by atoms with E-state index in [2.05, 4.69) is 10.3 Å². The molecule has 0 spiro atoms. The number of aryl methyl sites for hydroxylation is 1. The lowest BCUT2D eigenvalue weighted by Crippen LogP contribution is -2.15. The average molecular weight is 431 g/mol. The first-order valence-corrected chi connectivity index (χ1v) is 9.44. The number of benzene rings is 2. The summed E-state index contributed by atoms with van der Waals surface area (Å²) in [4.78, 5) is 16.4. The summed E-state index contributed by atoms with van der Waals surface area (Å²) >= 11 is 6.11. The van der Waals surface area contributed by atoms with Crippen molar-refractivity contribution >= 4 is 34.8 Å². The molecule has 0 aliphatic carbocycles. The van der Waals surface area contributed by atoms with Gasteiger partial charge in [-0.15, -0.1) is 0 Å². The van der Waals surface area contributed by atoms with Gasteiger partial charge in [0.05, 0.1) is 23.9 Å². The van der Waals surface area contributed by atoms with E-state index in [9.17, 15) is 18.0 Å². The summed E-state index contributed by atoms with van der Waals surface area (Å²) in [5, 5.41) is 3.00. The molecule has 30 heavy (non-hydrogen) atoms. The zero-order valence-electron chi connectivity index (χ0n) is 16.0. The molecule has 0 saturated heterocycles. The van der Waals surface area contributed by atoms with Gasteiger partial charge in [0.2, 0.25) is 5.91 Å². The number of rotatable bonds is 5. The number of halogens is 4. The number of alkyl halides is 3. The number of hydrogen-bond donors (Lipinski definition) is 1. The molecule has 1 aromatic heterocycles. The van der Waals surface area contributed by atoms with Crippen LogP contribution in [0.5, 0.6) is 0 Å². The number of pyridine rings is 1.